The number of pyridine rings is 1. The van der Waals surface area contributed by atoms with Crippen molar-refractivity contribution < 1.29 is 4.74 Å². The fourth-order valence-electron chi connectivity index (χ4n) is 2.62. The van der Waals surface area contributed by atoms with Crippen molar-refractivity contribution >= 4 is 44.9 Å². The third kappa shape index (κ3) is 2.50. The van der Waals surface area contributed by atoms with Crippen molar-refractivity contribution in [2.24, 2.45) is 0 Å². The van der Waals surface area contributed by atoms with Crippen LogP contribution in [0.15, 0.2) is 66.9 Å². The molecule has 0 spiro atoms. The van der Waals surface area contributed by atoms with Gasteiger partial charge in [-0.05, 0) is 18.2 Å². The molecule has 4 heteroatoms. The van der Waals surface area contributed by atoms with Crippen LogP contribution in [0.25, 0.3) is 21.7 Å². The number of rotatable bonds is 2. The summed E-state index contributed by atoms with van der Waals surface area (Å²) in [5, 5.41) is 3.87. The third-order valence-electron chi connectivity index (χ3n) is 3.70. The molecule has 0 aliphatic carbocycles. The number of hydrogen-bond donors (Lipinski definition) is 0. The SMILES string of the molecule is Clc1cc2c(Cl)c(Oc3ccccc3)cnc2c2ccccc12. The second kappa shape index (κ2) is 5.73. The van der Waals surface area contributed by atoms with E-state index in [2.05, 4.69) is 4.98 Å². The zero-order valence-electron chi connectivity index (χ0n) is 12.0. The molecule has 112 valence electrons. The van der Waals surface area contributed by atoms with E-state index in [1.807, 2.05) is 60.7 Å². The molecule has 0 bridgehead atoms. The largest absolute Gasteiger partial charge is 0.454 e. The van der Waals surface area contributed by atoms with Gasteiger partial charge in [0.15, 0.2) is 5.75 Å². The molecule has 0 saturated heterocycles. The topological polar surface area (TPSA) is 22.1 Å². The molecule has 1 aromatic heterocycles. The summed E-state index contributed by atoms with van der Waals surface area (Å²) in [6.07, 6.45) is 1.65. The van der Waals surface area contributed by atoms with Crippen molar-refractivity contribution in [2.75, 3.05) is 0 Å². The van der Waals surface area contributed by atoms with Crippen molar-refractivity contribution in [3.05, 3.63) is 76.9 Å². The van der Waals surface area contributed by atoms with Gasteiger partial charge in [-0.25, -0.2) is 0 Å². The zero-order chi connectivity index (χ0) is 15.8. The summed E-state index contributed by atoms with van der Waals surface area (Å²) in [4.78, 5) is 4.54. The molecule has 0 saturated carbocycles. The van der Waals surface area contributed by atoms with E-state index in [4.69, 9.17) is 27.9 Å². The number of aromatic nitrogens is 1. The maximum absolute atomic E-state index is 6.54. The molecule has 2 nitrogen and oxygen atoms in total. The molecule has 1 heterocycles. The van der Waals surface area contributed by atoms with Crippen molar-refractivity contribution in [1.82, 2.24) is 4.98 Å². The minimum atomic E-state index is 0.506. The Labute approximate surface area is 143 Å². The molecule has 0 atom stereocenters. The van der Waals surface area contributed by atoms with Crippen LogP contribution in [0.2, 0.25) is 10.0 Å². The second-order valence-corrected chi connectivity index (χ2v) is 5.94. The quantitative estimate of drug-likeness (QED) is 0.389. The maximum atomic E-state index is 6.54. The Morgan fingerprint density at radius 2 is 1.48 bits per heavy atom. The van der Waals surface area contributed by atoms with E-state index in [0.717, 1.165) is 21.7 Å². The number of hydrogen-bond acceptors (Lipinski definition) is 2. The Morgan fingerprint density at radius 1 is 0.783 bits per heavy atom. The Bertz CT molecular complexity index is 1020. The molecule has 0 aliphatic heterocycles. The molecule has 0 radical (unpaired) electrons. The highest BCUT2D eigenvalue weighted by atomic mass is 35.5. The van der Waals surface area contributed by atoms with Gasteiger partial charge in [0.25, 0.3) is 0 Å². The molecule has 0 fully saturated rings. The van der Waals surface area contributed by atoms with Gasteiger partial charge < -0.3 is 4.74 Å². The molecule has 4 aromatic rings. The molecular formula is C19H11Cl2NO. The maximum Gasteiger partial charge on any atom is 0.164 e. The van der Waals surface area contributed by atoms with Gasteiger partial charge in [0.05, 0.1) is 16.7 Å². The number of benzene rings is 3. The van der Waals surface area contributed by atoms with Crippen molar-refractivity contribution in [3.8, 4) is 11.5 Å². The Kier molecular flexibility index (Phi) is 3.56. The highest BCUT2D eigenvalue weighted by Crippen LogP contribution is 2.39. The standard InChI is InChI=1S/C19H11Cl2NO/c20-16-10-15-18(21)17(23-12-6-2-1-3-7-12)11-22-19(15)14-9-5-4-8-13(14)16/h1-11H. The van der Waals surface area contributed by atoms with Gasteiger partial charge in [-0.2, -0.15) is 0 Å². The van der Waals surface area contributed by atoms with E-state index in [0.29, 0.717) is 21.5 Å². The molecular weight excluding hydrogens is 329 g/mol. The number of para-hydroxylation sites is 1. The Morgan fingerprint density at radius 3 is 2.26 bits per heavy atom. The zero-order valence-corrected chi connectivity index (χ0v) is 13.5. The van der Waals surface area contributed by atoms with Gasteiger partial charge in [-0.15, -0.1) is 0 Å². The highest BCUT2D eigenvalue weighted by Gasteiger charge is 2.13. The molecule has 23 heavy (non-hydrogen) atoms. The van der Waals surface area contributed by atoms with E-state index >= 15 is 0 Å². The van der Waals surface area contributed by atoms with Crippen LogP contribution in [0.4, 0.5) is 0 Å². The summed E-state index contributed by atoms with van der Waals surface area (Å²) in [5.74, 6) is 1.22. The average molecular weight is 340 g/mol. The van der Waals surface area contributed by atoms with E-state index in [1.165, 1.54) is 0 Å². The molecule has 3 aromatic carbocycles. The van der Waals surface area contributed by atoms with Gasteiger partial charge in [0, 0.05) is 21.2 Å². The Hall–Kier alpha value is -2.29. The predicted molar refractivity (Wildman–Crippen MR) is 95.8 cm³/mol. The van der Waals surface area contributed by atoms with Gasteiger partial charge in [0.1, 0.15) is 5.75 Å². The highest BCUT2D eigenvalue weighted by molar-refractivity contribution is 6.41. The number of halogens is 2. The summed E-state index contributed by atoms with van der Waals surface area (Å²) in [6.45, 7) is 0. The number of fused-ring (bicyclic) bond motifs is 3. The minimum Gasteiger partial charge on any atom is -0.454 e. The summed E-state index contributed by atoms with van der Waals surface area (Å²) < 4.78 is 5.83. The lowest BCUT2D eigenvalue weighted by molar-refractivity contribution is 0.481. The predicted octanol–water partition coefficient (Wildman–Crippen LogP) is 6.49. The van der Waals surface area contributed by atoms with Crippen LogP contribution >= 0.6 is 23.2 Å². The summed E-state index contributed by atoms with van der Waals surface area (Å²) in [5.41, 5.74) is 0.815. The number of nitrogens with zero attached hydrogens (tertiary/aromatic N) is 1. The molecule has 0 N–H and O–H groups in total. The van der Waals surface area contributed by atoms with E-state index < -0.39 is 0 Å². The smallest absolute Gasteiger partial charge is 0.164 e. The van der Waals surface area contributed by atoms with Gasteiger partial charge >= 0.3 is 0 Å². The number of ether oxygens (including phenoxy) is 1. The van der Waals surface area contributed by atoms with Crippen LogP contribution in [0.3, 0.4) is 0 Å². The first-order chi connectivity index (χ1) is 11.2. The van der Waals surface area contributed by atoms with Gasteiger partial charge in [-0.3, -0.25) is 4.98 Å². The first-order valence-corrected chi connectivity index (χ1v) is 7.88. The van der Waals surface area contributed by atoms with E-state index in [9.17, 15) is 0 Å². The lowest BCUT2D eigenvalue weighted by Gasteiger charge is -2.11. The van der Waals surface area contributed by atoms with Crippen molar-refractivity contribution in [3.63, 3.8) is 0 Å². The van der Waals surface area contributed by atoms with Gasteiger partial charge in [0.2, 0.25) is 0 Å². The molecule has 0 amide bonds. The lowest BCUT2D eigenvalue weighted by Crippen LogP contribution is -1.90. The molecule has 0 aliphatic rings. The minimum absolute atomic E-state index is 0.506. The van der Waals surface area contributed by atoms with Crippen LogP contribution in [0.1, 0.15) is 0 Å². The third-order valence-corrected chi connectivity index (χ3v) is 4.40. The summed E-state index contributed by atoms with van der Waals surface area (Å²) >= 11 is 12.9. The van der Waals surface area contributed by atoms with Crippen LogP contribution in [-0.2, 0) is 0 Å². The second-order valence-electron chi connectivity index (χ2n) is 5.15. The normalized spacial score (nSPS) is 11.0. The van der Waals surface area contributed by atoms with Crippen LogP contribution in [0.5, 0.6) is 11.5 Å². The van der Waals surface area contributed by atoms with Crippen molar-refractivity contribution in [1.29, 1.82) is 0 Å². The lowest BCUT2D eigenvalue weighted by atomic mass is 10.1. The fourth-order valence-corrected chi connectivity index (χ4v) is 3.13. The summed E-state index contributed by atoms with van der Waals surface area (Å²) in [7, 11) is 0. The van der Waals surface area contributed by atoms with Crippen LogP contribution in [-0.4, -0.2) is 4.98 Å². The monoisotopic (exact) mass is 339 g/mol. The van der Waals surface area contributed by atoms with Crippen LogP contribution < -0.4 is 4.74 Å². The molecule has 0 unspecified atom stereocenters. The molecule has 4 rings (SSSR count). The van der Waals surface area contributed by atoms with E-state index in [-0.39, 0.29) is 0 Å². The first kappa shape index (κ1) is 14.3. The van der Waals surface area contributed by atoms with Crippen molar-refractivity contribution in [2.45, 2.75) is 0 Å². The fraction of sp³-hybridized carbons (Fsp3) is 0. The average Bonchev–Trinajstić information content (AvgIpc) is 2.59. The van der Waals surface area contributed by atoms with E-state index in [1.54, 1.807) is 6.20 Å². The first-order valence-electron chi connectivity index (χ1n) is 7.12. The summed E-state index contributed by atoms with van der Waals surface area (Å²) in [6, 6.07) is 19.2. The Balaban J connectivity index is 1.93. The van der Waals surface area contributed by atoms with Gasteiger partial charge in [-0.1, -0.05) is 65.7 Å². The van der Waals surface area contributed by atoms with Crippen LogP contribution in [0, 0.1) is 0 Å².